The number of aryl methyl sites for hydroxylation is 1. The van der Waals surface area contributed by atoms with E-state index >= 15 is 0 Å². The molecular weight excluding hydrogens is 490 g/mol. The van der Waals surface area contributed by atoms with Gasteiger partial charge < -0.3 is 30.0 Å². The molecule has 33 heavy (non-hydrogen) atoms. The van der Waals surface area contributed by atoms with Gasteiger partial charge in [-0.1, -0.05) is 12.1 Å². The topological polar surface area (TPSA) is 129 Å². The minimum absolute atomic E-state index is 0.0149. The SMILES string of the molecule is Cc1ncnc2c1ccn2[C@@H]1O[C@@H]2C(Cc3ccc4cc(Br)c(N)nc4c3)OC[C@]2(O)[C@H]1O. The lowest BCUT2D eigenvalue weighted by Gasteiger charge is -2.24. The van der Waals surface area contributed by atoms with Crippen LogP contribution >= 0.6 is 15.9 Å². The molecule has 0 spiro atoms. The molecule has 5 atom stereocenters. The molecule has 9 nitrogen and oxygen atoms in total. The molecule has 6 rings (SSSR count). The van der Waals surface area contributed by atoms with Crippen LogP contribution in [0.25, 0.3) is 21.9 Å². The minimum atomic E-state index is -1.52. The van der Waals surface area contributed by atoms with Gasteiger partial charge in [0.15, 0.2) is 6.23 Å². The van der Waals surface area contributed by atoms with Crippen molar-refractivity contribution in [1.29, 1.82) is 0 Å². The lowest BCUT2D eigenvalue weighted by atomic mass is 9.90. The van der Waals surface area contributed by atoms with Crippen molar-refractivity contribution in [3.8, 4) is 0 Å². The molecule has 2 saturated heterocycles. The number of hydrogen-bond donors (Lipinski definition) is 3. The van der Waals surface area contributed by atoms with Gasteiger partial charge in [0.1, 0.15) is 35.6 Å². The zero-order valence-electron chi connectivity index (χ0n) is 17.7. The fraction of sp³-hybridized carbons (Fsp3) is 0.348. The number of pyridine rings is 1. The zero-order valence-corrected chi connectivity index (χ0v) is 19.3. The smallest absolute Gasteiger partial charge is 0.164 e. The summed E-state index contributed by atoms with van der Waals surface area (Å²) >= 11 is 3.40. The zero-order chi connectivity index (χ0) is 22.9. The molecule has 0 saturated carbocycles. The molecule has 3 aromatic heterocycles. The van der Waals surface area contributed by atoms with Crippen LogP contribution in [-0.4, -0.2) is 60.3 Å². The number of nitrogens with zero attached hydrogens (tertiary/aromatic N) is 4. The number of ether oxygens (including phenoxy) is 2. The summed E-state index contributed by atoms with van der Waals surface area (Å²) in [4.78, 5) is 13.0. The number of halogens is 1. The van der Waals surface area contributed by atoms with Gasteiger partial charge in [0.2, 0.25) is 0 Å². The van der Waals surface area contributed by atoms with Crippen molar-refractivity contribution in [3.05, 3.63) is 58.6 Å². The van der Waals surface area contributed by atoms with Crippen molar-refractivity contribution >= 4 is 43.7 Å². The Morgan fingerprint density at radius 1 is 1.27 bits per heavy atom. The monoisotopic (exact) mass is 511 g/mol. The lowest BCUT2D eigenvalue weighted by molar-refractivity contribution is -0.0891. The number of rotatable bonds is 3. The highest BCUT2D eigenvalue weighted by molar-refractivity contribution is 9.10. The van der Waals surface area contributed by atoms with Gasteiger partial charge in [0.05, 0.1) is 28.4 Å². The summed E-state index contributed by atoms with van der Waals surface area (Å²) in [7, 11) is 0. The Morgan fingerprint density at radius 3 is 2.97 bits per heavy atom. The van der Waals surface area contributed by atoms with E-state index in [0.29, 0.717) is 17.9 Å². The fourth-order valence-electron chi connectivity index (χ4n) is 4.91. The van der Waals surface area contributed by atoms with Crippen LogP contribution in [0.4, 0.5) is 5.82 Å². The van der Waals surface area contributed by atoms with Crippen LogP contribution in [0, 0.1) is 6.92 Å². The van der Waals surface area contributed by atoms with E-state index in [2.05, 4.69) is 30.9 Å². The van der Waals surface area contributed by atoms with Gasteiger partial charge in [-0.25, -0.2) is 15.0 Å². The Bertz CT molecular complexity index is 1390. The summed E-state index contributed by atoms with van der Waals surface area (Å²) < 4.78 is 14.6. The molecule has 4 aromatic rings. The Kier molecular flexibility index (Phi) is 4.72. The van der Waals surface area contributed by atoms with Gasteiger partial charge in [-0.3, -0.25) is 0 Å². The fourth-order valence-corrected chi connectivity index (χ4v) is 5.25. The highest BCUT2D eigenvalue weighted by Crippen LogP contribution is 2.45. The summed E-state index contributed by atoms with van der Waals surface area (Å²) in [6.45, 7) is 1.89. The van der Waals surface area contributed by atoms with Crippen LogP contribution < -0.4 is 5.73 Å². The predicted molar refractivity (Wildman–Crippen MR) is 124 cm³/mol. The van der Waals surface area contributed by atoms with Gasteiger partial charge in [0, 0.05) is 23.4 Å². The van der Waals surface area contributed by atoms with E-state index in [0.717, 1.165) is 32.0 Å². The van der Waals surface area contributed by atoms with E-state index in [-0.39, 0.29) is 6.61 Å². The standard InChI is InChI=1S/C23H22BrN5O4/c1-11-14-4-5-29(21(14)27-10-26-11)22-18(30)23(31)9-32-17(19(23)33-22)7-12-2-3-13-8-15(24)20(25)28-16(13)6-12/h2-6,8,10,17-19,22,30-31H,7,9H2,1H3,(H2,25,28)/t17?,18-,19+,22+,23-/m0/s1. The highest BCUT2D eigenvalue weighted by atomic mass is 79.9. The molecule has 2 aliphatic rings. The third-order valence-corrected chi connectivity index (χ3v) is 7.34. The molecular formula is C23H22BrN5O4. The van der Waals surface area contributed by atoms with Crippen molar-refractivity contribution in [2.24, 2.45) is 0 Å². The van der Waals surface area contributed by atoms with Crippen molar-refractivity contribution in [1.82, 2.24) is 19.5 Å². The summed E-state index contributed by atoms with van der Waals surface area (Å²) in [5.41, 5.74) is 7.66. The summed E-state index contributed by atoms with van der Waals surface area (Å²) in [5.74, 6) is 0.425. The molecule has 170 valence electrons. The van der Waals surface area contributed by atoms with Crippen LogP contribution in [0.1, 0.15) is 17.5 Å². The third-order valence-electron chi connectivity index (χ3n) is 6.71. The number of aliphatic hydroxyl groups excluding tert-OH is 1. The van der Waals surface area contributed by atoms with Crippen molar-refractivity contribution in [2.45, 2.75) is 43.5 Å². The number of hydrogen-bond acceptors (Lipinski definition) is 8. The molecule has 0 radical (unpaired) electrons. The Hall–Kier alpha value is -2.63. The van der Waals surface area contributed by atoms with Crippen molar-refractivity contribution in [3.63, 3.8) is 0 Å². The normalized spacial score (nSPS) is 29.2. The number of anilines is 1. The van der Waals surface area contributed by atoms with E-state index in [1.165, 1.54) is 6.33 Å². The summed E-state index contributed by atoms with van der Waals surface area (Å²) in [6.07, 6.45) is 0.693. The average Bonchev–Trinajstić information content (AvgIpc) is 3.42. The van der Waals surface area contributed by atoms with E-state index < -0.39 is 30.1 Å². The second-order valence-corrected chi connectivity index (χ2v) is 9.59. The maximum absolute atomic E-state index is 11.3. The van der Waals surface area contributed by atoms with Crippen LogP contribution in [0.15, 0.2) is 47.3 Å². The highest BCUT2D eigenvalue weighted by Gasteiger charge is 2.62. The first-order valence-corrected chi connectivity index (χ1v) is 11.4. The number of aromatic nitrogens is 4. The van der Waals surface area contributed by atoms with Crippen LogP contribution in [-0.2, 0) is 15.9 Å². The number of nitrogen functional groups attached to an aromatic ring is 1. The van der Waals surface area contributed by atoms with E-state index in [9.17, 15) is 10.2 Å². The quantitative estimate of drug-likeness (QED) is 0.382. The number of fused-ring (bicyclic) bond motifs is 3. The molecule has 0 amide bonds. The molecule has 1 aromatic carbocycles. The molecule has 1 unspecified atom stereocenters. The molecule has 4 N–H and O–H groups in total. The lowest BCUT2D eigenvalue weighted by Crippen LogP contribution is -2.48. The first-order valence-electron chi connectivity index (χ1n) is 10.7. The van der Waals surface area contributed by atoms with E-state index in [1.54, 1.807) is 10.8 Å². The predicted octanol–water partition coefficient (Wildman–Crippen LogP) is 2.26. The minimum Gasteiger partial charge on any atom is -0.385 e. The average molecular weight is 512 g/mol. The Morgan fingerprint density at radius 2 is 2.12 bits per heavy atom. The molecule has 10 heteroatoms. The second-order valence-electron chi connectivity index (χ2n) is 8.74. The maximum atomic E-state index is 11.3. The molecule has 0 bridgehead atoms. The first kappa shape index (κ1) is 20.9. The maximum Gasteiger partial charge on any atom is 0.164 e. The Balaban J connectivity index is 1.29. The van der Waals surface area contributed by atoms with Gasteiger partial charge in [0.25, 0.3) is 0 Å². The van der Waals surface area contributed by atoms with Crippen LogP contribution in [0.3, 0.4) is 0 Å². The molecule has 2 fully saturated rings. The van der Waals surface area contributed by atoms with Crippen LogP contribution in [0.5, 0.6) is 0 Å². The second kappa shape index (κ2) is 7.44. The van der Waals surface area contributed by atoms with Crippen molar-refractivity contribution in [2.75, 3.05) is 12.3 Å². The third kappa shape index (κ3) is 3.17. The first-order chi connectivity index (χ1) is 15.8. The van der Waals surface area contributed by atoms with Crippen molar-refractivity contribution < 1.29 is 19.7 Å². The molecule has 0 aliphatic carbocycles. The van der Waals surface area contributed by atoms with Gasteiger partial charge in [-0.2, -0.15) is 0 Å². The summed E-state index contributed by atoms with van der Waals surface area (Å²) in [6, 6.07) is 9.75. The summed E-state index contributed by atoms with van der Waals surface area (Å²) in [5, 5.41) is 24.2. The van der Waals surface area contributed by atoms with Crippen LogP contribution in [0.2, 0.25) is 0 Å². The van der Waals surface area contributed by atoms with Gasteiger partial charge in [-0.15, -0.1) is 0 Å². The molecule has 2 aliphatic heterocycles. The Labute approximate surface area is 197 Å². The molecule has 5 heterocycles. The van der Waals surface area contributed by atoms with Gasteiger partial charge >= 0.3 is 0 Å². The number of aliphatic hydroxyl groups is 2. The largest absolute Gasteiger partial charge is 0.385 e. The van der Waals surface area contributed by atoms with Gasteiger partial charge in [-0.05, 0) is 46.6 Å². The van der Waals surface area contributed by atoms with E-state index in [4.69, 9.17) is 15.2 Å². The van der Waals surface area contributed by atoms with E-state index in [1.807, 2.05) is 37.3 Å². The number of nitrogens with two attached hydrogens (primary N) is 1. The number of benzene rings is 1.